The second kappa shape index (κ2) is 2.54. The standard InChI is InChI=1S/C5H10N2O.ClH/c1-5(6)2-4(8)7-3-5;/h2-3,6H2,1H3,(H,7,8);1H/t5-;/m0./s1. The molecule has 1 rings (SSSR count). The second-order valence-corrected chi connectivity index (χ2v) is 2.61. The Morgan fingerprint density at radius 2 is 2.33 bits per heavy atom. The zero-order valence-corrected chi connectivity index (χ0v) is 6.12. The van der Waals surface area contributed by atoms with E-state index in [-0.39, 0.29) is 23.9 Å². The molecule has 0 unspecified atom stereocenters. The topological polar surface area (TPSA) is 55.1 Å². The summed E-state index contributed by atoms with van der Waals surface area (Å²) in [5.74, 6) is 0.0648. The Balaban J connectivity index is 0.000000640. The predicted molar refractivity (Wildman–Crippen MR) is 37.5 cm³/mol. The van der Waals surface area contributed by atoms with Crippen LogP contribution in [-0.4, -0.2) is 18.0 Å². The molecule has 9 heavy (non-hydrogen) atoms. The van der Waals surface area contributed by atoms with Crippen LogP contribution in [0.2, 0.25) is 0 Å². The number of carbonyl (C=O) groups excluding carboxylic acids is 1. The molecule has 3 N–H and O–H groups in total. The van der Waals surface area contributed by atoms with Crippen molar-refractivity contribution < 1.29 is 4.79 Å². The van der Waals surface area contributed by atoms with Gasteiger partial charge in [-0.15, -0.1) is 12.4 Å². The molecule has 1 heterocycles. The van der Waals surface area contributed by atoms with Crippen LogP contribution in [0.4, 0.5) is 0 Å². The van der Waals surface area contributed by atoms with Crippen LogP contribution in [-0.2, 0) is 4.79 Å². The Labute approximate surface area is 60.4 Å². The minimum Gasteiger partial charge on any atom is -0.354 e. The highest BCUT2D eigenvalue weighted by molar-refractivity contribution is 5.85. The summed E-state index contributed by atoms with van der Waals surface area (Å²) in [7, 11) is 0. The van der Waals surface area contributed by atoms with Crippen molar-refractivity contribution in [2.24, 2.45) is 5.73 Å². The van der Waals surface area contributed by atoms with E-state index in [1.165, 1.54) is 0 Å². The fourth-order valence-electron chi connectivity index (χ4n) is 0.792. The van der Waals surface area contributed by atoms with Gasteiger partial charge < -0.3 is 11.1 Å². The van der Waals surface area contributed by atoms with Crippen molar-refractivity contribution in [3.05, 3.63) is 0 Å². The van der Waals surface area contributed by atoms with Gasteiger partial charge in [-0.05, 0) is 6.92 Å². The third kappa shape index (κ3) is 2.20. The molecule has 0 aromatic carbocycles. The van der Waals surface area contributed by atoms with Gasteiger partial charge >= 0.3 is 0 Å². The first-order valence-electron chi connectivity index (χ1n) is 2.66. The van der Waals surface area contributed by atoms with E-state index in [1.807, 2.05) is 6.92 Å². The largest absolute Gasteiger partial charge is 0.354 e. The average Bonchev–Trinajstić information content (AvgIpc) is 1.82. The maximum Gasteiger partial charge on any atom is 0.221 e. The molecule has 4 heteroatoms. The lowest BCUT2D eigenvalue weighted by molar-refractivity contribution is -0.119. The average molecular weight is 151 g/mol. The highest BCUT2D eigenvalue weighted by Gasteiger charge is 2.28. The molecule has 0 aromatic rings. The van der Waals surface area contributed by atoms with Crippen LogP contribution < -0.4 is 11.1 Å². The summed E-state index contributed by atoms with van der Waals surface area (Å²) >= 11 is 0. The quantitative estimate of drug-likeness (QED) is 0.496. The number of carbonyl (C=O) groups is 1. The normalized spacial score (nSPS) is 33.3. The van der Waals surface area contributed by atoms with E-state index < -0.39 is 0 Å². The SMILES string of the molecule is C[C@@]1(N)CNC(=O)C1.Cl. The van der Waals surface area contributed by atoms with Gasteiger partial charge in [0.25, 0.3) is 0 Å². The lowest BCUT2D eigenvalue weighted by Crippen LogP contribution is -2.37. The highest BCUT2D eigenvalue weighted by atomic mass is 35.5. The monoisotopic (exact) mass is 150 g/mol. The number of halogens is 1. The molecule has 0 bridgehead atoms. The van der Waals surface area contributed by atoms with Crippen LogP contribution in [0.3, 0.4) is 0 Å². The minimum atomic E-state index is -0.295. The maximum absolute atomic E-state index is 10.5. The molecule has 0 aliphatic carbocycles. The number of rotatable bonds is 0. The summed E-state index contributed by atoms with van der Waals surface area (Å²) < 4.78 is 0. The molecular weight excluding hydrogens is 140 g/mol. The van der Waals surface area contributed by atoms with Crippen molar-refractivity contribution in [3.8, 4) is 0 Å². The predicted octanol–water partition coefficient (Wildman–Crippen LogP) is -0.355. The maximum atomic E-state index is 10.5. The molecule has 1 amide bonds. The summed E-state index contributed by atoms with van der Waals surface area (Å²) in [5.41, 5.74) is 5.29. The van der Waals surface area contributed by atoms with Crippen molar-refractivity contribution >= 4 is 18.3 Å². The van der Waals surface area contributed by atoms with Gasteiger partial charge in [-0.3, -0.25) is 4.79 Å². The van der Waals surface area contributed by atoms with E-state index >= 15 is 0 Å². The van der Waals surface area contributed by atoms with E-state index in [4.69, 9.17) is 5.73 Å². The summed E-state index contributed by atoms with van der Waals surface area (Å²) in [4.78, 5) is 10.5. The van der Waals surface area contributed by atoms with Gasteiger partial charge in [0.05, 0.1) is 0 Å². The van der Waals surface area contributed by atoms with Crippen molar-refractivity contribution in [3.63, 3.8) is 0 Å². The number of hydrogen-bond donors (Lipinski definition) is 2. The lowest BCUT2D eigenvalue weighted by atomic mass is 10.0. The van der Waals surface area contributed by atoms with Crippen LogP contribution in [0.25, 0.3) is 0 Å². The number of nitrogens with one attached hydrogen (secondary N) is 1. The van der Waals surface area contributed by atoms with Gasteiger partial charge in [0.2, 0.25) is 5.91 Å². The van der Waals surface area contributed by atoms with Crippen molar-refractivity contribution in [1.82, 2.24) is 5.32 Å². The third-order valence-corrected chi connectivity index (χ3v) is 1.25. The summed E-state index contributed by atoms with van der Waals surface area (Å²) in [6, 6.07) is 0. The number of nitrogens with two attached hydrogens (primary N) is 1. The summed E-state index contributed by atoms with van der Waals surface area (Å²) in [5, 5.41) is 2.65. The Morgan fingerprint density at radius 1 is 1.78 bits per heavy atom. The first kappa shape index (κ1) is 8.72. The molecule has 1 aliphatic heterocycles. The second-order valence-electron chi connectivity index (χ2n) is 2.61. The zero-order valence-electron chi connectivity index (χ0n) is 5.31. The van der Waals surface area contributed by atoms with Crippen molar-refractivity contribution in [2.45, 2.75) is 18.9 Å². The van der Waals surface area contributed by atoms with Gasteiger partial charge in [0.15, 0.2) is 0 Å². The zero-order chi connectivity index (χ0) is 6.20. The van der Waals surface area contributed by atoms with Crippen molar-refractivity contribution in [2.75, 3.05) is 6.54 Å². The lowest BCUT2D eigenvalue weighted by Gasteiger charge is -2.11. The number of hydrogen-bond acceptors (Lipinski definition) is 2. The fraction of sp³-hybridized carbons (Fsp3) is 0.800. The molecule has 54 valence electrons. The fourth-order valence-corrected chi connectivity index (χ4v) is 0.792. The molecule has 1 saturated heterocycles. The molecule has 1 fully saturated rings. The van der Waals surface area contributed by atoms with Crippen LogP contribution in [0.1, 0.15) is 13.3 Å². The highest BCUT2D eigenvalue weighted by Crippen LogP contribution is 2.08. The van der Waals surface area contributed by atoms with Gasteiger partial charge in [-0.2, -0.15) is 0 Å². The molecule has 1 atom stereocenters. The van der Waals surface area contributed by atoms with E-state index in [0.29, 0.717) is 13.0 Å². The Hall–Kier alpha value is -0.280. The van der Waals surface area contributed by atoms with Crippen LogP contribution in [0.5, 0.6) is 0 Å². The number of amides is 1. The summed E-state index contributed by atoms with van der Waals surface area (Å²) in [6.45, 7) is 2.48. The third-order valence-electron chi connectivity index (χ3n) is 1.25. The van der Waals surface area contributed by atoms with Crippen LogP contribution in [0.15, 0.2) is 0 Å². The van der Waals surface area contributed by atoms with Gasteiger partial charge in [0, 0.05) is 18.5 Å². The van der Waals surface area contributed by atoms with E-state index in [0.717, 1.165) is 0 Å². The van der Waals surface area contributed by atoms with Crippen LogP contribution >= 0.6 is 12.4 Å². The first-order chi connectivity index (χ1) is 3.60. The molecular formula is C5H11ClN2O. The molecule has 0 aromatic heterocycles. The Bertz CT molecular complexity index is 124. The molecule has 1 aliphatic rings. The minimum absolute atomic E-state index is 0. The van der Waals surface area contributed by atoms with Gasteiger partial charge in [-0.1, -0.05) is 0 Å². The van der Waals surface area contributed by atoms with Crippen molar-refractivity contribution in [1.29, 1.82) is 0 Å². The first-order valence-corrected chi connectivity index (χ1v) is 2.66. The Kier molecular flexibility index (Phi) is 2.46. The summed E-state index contributed by atoms with van der Waals surface area (Å²) in [6.07, 6.45) is 0.465. The van der Waals surface area contributed by atoms with Gasteiger partial charge in [0.1, 0.15) is 0 Å². The smallest absolute Gasteiger partial charge is 0.221 e. The molecule has 3 nitrogen and oxygen atoms in total. The Morgan fingerprint density at radius 3 is 2.44 bits per heavy atom. The van der Waals surface area contributed by atoms with E-state index in [1.54, 1.807) is 0 Å². The van der Waals surface area contributed by atoms with E-state index in [2.05, 4.69) is 5.32 Å². The molecule has 0 spiro atoms. The molecule has 0 saturated carbocycles. The van der Waals surface area contributed by atoms with Crippen LogP contribution in [0, 0.1) is 0 Å². The molecule has 0 radical (unpaired) electrons. The van der Waals surface area contributed by atoms with Gasteiger partial charge in [-0.25, -0.2) is 0 Å². The van der Waals surface area contributed by atoms with E-state index in [9.17, 15) is 4.79 Å².